The van der Waals surface area contributed by atoms with Crippen molar-refractivity contribution in [3.63, 3.8) is 0 Å². The highest BCUT2D eigenvalue weighted by Crippen LogP contribution is 2.30. The summed E-state index contributed by atoms with van der Waals surface area (Å²) in [6.45, 7) is 7.11. The molecule has 0 radical (unpaired) electrons. The maximum Gasteiger partial charge on any atom is 0.0669 e. The predicted octanol–water partition coefficient (Wildman–Crippen LogP) is 2.06. The van der Waals surface area contributed by atoms with Crippen LogP contribution in [0.25, 0.3) is 0 Å². The van der Waals surface area contributed by atoms with Crippen molar-refractivity contribution in [2.24, 2.45) is 13.0 Å². The van der Waals surface area contributed by atoms with Gasteiger partial charge in [-0.1, -0.05) is 13.8 Å². The molecule has 18 heavy (non-hydrogen) atoms. The first kappa shape index (κ1) is 13.6. The lowest BCUT2D eigenvalue weighted by Crippen LogP contribution is -2.33. The van der Waals surface area contributed by atoms with E-state index in [-0.39, 0.29) is 0 Å². The normalized spacial score (nSPS) is 22.1. The topological polar surface area (TPSA) is 39.1 Å². The van der Waals surface area contributed by atoms with Crippen LogP contribution in [-0.2, 0) is 18.2 Å². The van der Waals surface area contributed by atoms with Gasteiger partial charge in [0.05, 0.1) is 12.3 Å². The number of rotatable bonds is 5. The van der Waals surface area contributed by atoms with Crippen LogP contribution < -0.4 is 5.32 Å². The van der Waals surface area contributed by atoms with Crippen LogP contribution in [0, 0.1) is 5.92 Å². The van der Waals surface area contributed by atoms with Crippen molar-refractivity contribution in [2.45, 2.75) is 39.2 Å². The van der Waals surface area contributed by atoms with Crippen molar-refractivity contribution < 1.29 is 4.74 Å². The van der Waals surface area contributed by atoms with E-state index in [1.807, 2.05) is 11.7 Å². The van der Waals surface area contributed by atoms with Crippen LogP contribution in [0.2, 0.25) is 0 Å². The van der Waals surface area contributed by atoms with Gasteiger partial charge in [-0.05, 0) is 25.8 Å². The van der Waals surface area contributed by atoms with Crippen LogP contribution in [0.4, 0.5) is 0 Å². The van der Waals surface area contributed by atoms with Gasteiger partial charge in [0.25, 0.3) is 0 Å². The predicted molar refractivity (Wildman–Crippen MR) is 72.5 cm³/mol. The number of aryl methyl sites for hydroxylation is 2. The lowest BCUT2D eigenvalue weighted by atomic mass is 9.88. The zero-order valence-electron chi connectivity index (χ0n) is 11.8. The molecule has 2 unspecified atom stereocenters. The molecule has 1 fully saturated rings. The number of ether oxygens (including phenoxy) is 1. The second-order valence-electron chi connectivity index (χ2n) is 5.07. The standard InChI is InChI=1S/C14H25N3O/c1-4-13-12(9-17(3)16-13)14(15-5-2)11-7-6-8-18-10-11/h9,11,14-15H,4-8,10H2,1-3H3. The van der Waals surface area contributed by atoms with Gasteiger partial charge >= 0.3 is 0 Å². The monoisotopic (exact) mass is 251 g/mol. The van der Waals surface area contributed by atoms with Crippen LogP contribution in [0.1, 0.15) is 44.0 Å². The summed E-state index contributed by atoms with van der Waals surface area (Å²) in [5.74, 6) is 0.577. The second kappa shape index (κ2) is 6.34. The largest absolute Gasteiger partial charge is 0.381 e. The Morgan fingerprint density at radius 1 is 1.56 bits per heavy atom. The van der Waals surface area contributed by atoms with Gasteiger partial charge in [0.1, 0.15) is 0 Å². The SMILES string of the molecule is CCNC(c1cn(C)nc1CC)C1CCCOC1. The van der Waals surface area contributed by atoms with E-state index in [0.717, 1.165) is 26.2 Å². The number of hydrogen-bond acceptors (Lipinski definition) is 3. The van der Waals surface area contributed by atoms with Crippen LogP contribution in [-0.4, -0.2) is 29.5 Å². The van der Waals surface area contributed by atoms with Crippen LogP contribution in [0.3, 0.4) is 0 Å². The van der Waals surface area contributed by atoms with Gasteiger partial charge in [-0.25, -0.2) is 0 Å². The smallest absolute Gasteiger partial charge is 0.0669 e. The van der Waals surface area contributed by atoms with Gasteiger partial charge < -0.3 is 10.1 Å². The van der Waals surface area contributed by atoms with Gasteiger partial charge in [-0.15, -0.1) is 0 Å². The number of nitrogens with zero attached hydrogens (tertiary/aromatic N) is 2. The lowest BCUT2D eigenvalue weighted by molar-refractivity contribution is 0.0391. The third-order valence-electron chi connectivity index (χ3n) is 3.70. The molecule has 1 aliphatic heterocycles. The Balaban J connectivity index is 2.21. The summed E-state index contributed by atoms with van der Waals surface area (Å²) in [4.78, 5) is 0. The molecule has 1 aliphatic rings. The van der Waals surface area contributed by atoms with E-state index < -0.39 is 0 Å². The van der Waals surface area contributed by atoms with Crippen molar-refractivity contribution in [3.8, 4) is 0 Å². The molecule has 4 heteroatoms. The third-order valence-corrected chi connectivity index (χ3v) is 3.70. The van der Waals surface area contributed by atoms with E-state index in [9.17, 15) is 0 Å². The van der Waals surface area contributed by atoms with E-state index in [1.54, 1.807) is 0 Å². The number of hydrogen-bond donors (Lipinski definition) is 1. The minimum absolute atomic E-state index is 0.388. The summed E-state index contributed by atoms with van der Waals surface area (Å²) >= 11 is 0. The van der Waals surface area contributed by atoms with Crippen molar-refractivity contribution in [1.29, 1.82) is 0 Å². The molecule has 2 atom stereocenters. The van der Waals surface area contributed by atoms with Gasteiger partial charge in [-0.2, -0.15) is 5.10 Å². The van der Waals surface area contributed by atoms with E-state index >= 15 is 0 Å². The van der Waals surface area contributed by atoms with E-state index in [2.05, 4.69) is 30.5 Å². The zero-order valence-corrected chi connectivity index (χ0v) is 11.8. The lowest BCUT2D eigenvalue weighted by Gasteiger charge is -2.30. The summed E-state index contributed by atoms with van der Waals surface area (Å²) < 4.78 is 7.58. The molecule has 2 heterocycles. The first-order valence-electron chi connectivity index (χ1n) is 7.09. The fourth-order valence-electron chi connectivity index (χ4n) is 2.87. The average molecular weight is 251 g/mol. The highest BCUT2D eigenvalue weighted by atomic mass is 16.5. The first-order chi connectivity index (χ1) is 8.76. The Morgan fingerprint density at radius 3 is 3.00 bits per heavy atom. The molecule has 1 aromatic heterocycles. The highest BCUT2D eigenvalue weighted by Gasteiger charge is 2.27. The molecule has 0 saturated carbocycles. The average Bonchev–Trinajstić information content (AvgIpc) is 2.78. The molecule has 1 N–H and O–H groups in total. The van der Waals surface area contributed by atoms with Crippen LogP contribution in [0.15, 0.2) is 6.20 Å². The minimum atomic E-state index is 0.388. The quantitative estimate of drug-likeness (QED) is 0.870. The maximum absolute atomic E-state index is 5.64. The summed E-state index contributed by atoms with van der Waals surface area (Å²) in [5.41, 5.74) is 2.58. The Kier molecular flexibility index (Phi) is 4.78. The minimum Gasteiger partial charge on any atom is -0.381 e. The highest BCUT2D eigenvalue weighted by molar-refractivity contribution is 5.22. The van der Waals surface area contributed by atoms with E-state index in [1.165, 1.54) is 24.1 Å². The first-order valence-corrected chi connectivity index (χ1v) is 7.09. The van der Waals surface area contributed by atoms with E-state index in [0.29, 0.717) is 12.0 Å². The Morgan fingerprint density at radius 2 is 2.39 bits per heavy atom. The van der Waals surface area contributed by atoms with Crippen LogP contribution in [0.5, 0.6) is 0 Å². The molecular weight excluding hydrogens is 226 g/mol. The summed E-state index contributed by atoms with van der Waals surface area (Å²) in [7, 11) is 2.00. The second-order valence-corrected chi connectivity index (χ2v) is 5.07. The molecule has 0 aliphatic carbocycles. The van der Waals surface area contributed by atoms with Crippen molar-refractivity contribution in [1.82, 2.24) is 15.1 Å². The summed E-state index contributed by atoms with van der Waals surface area (Å²) in [6, 6.07) is 0.388. The molecule has 1 saturated heterocycles. The zero-order chi connectivity index (χ0) is 13.0. The maximum atomic E-state index is 5.64. The van der Waals surface area contributed by atoms with Gasteiger partial charge in [0.2, 0.25) is 0 Å². The Bertz CT molecular complexity index is 369. The van der Waals surface area contributed by atoms with Crippen LogP contribution >= 0.6 is 0 Å². The van der Waals surface area contributed by atoms with E-state index in [4.69, 9.17) is 4.74 Å². The van der Waals surface area contributed by atoms with Crippen molar-refractivity contribution >= 4 is 0 Å². The molecule has 1 aromatic rings. The molecule has 0 amide bonds. The summed E-state index contributed by atoms with van der Waals surface area (Å²) in [5, 5.41) is 8.19. The molecule has 2 rings (SSSR count). The number of aromatic nitrogens is 2. The molecule has 0 bridgehead atoms. The van der Waals surface area contributed by atoms with Gasteiger partial charge in [-0.3, -0.25) is 4.68 Å². The fraction of sp³-hybridized carbons (Fsp3) is 0.786. The third kappa shape index (κ3) is 2.93. The van der Waals surface area contributed by atoms with Crippen molar-refractivity contribution in [3.05, 3.63) is 17.5 Å². The molecule has 102 valence electrons. The van der Waals surface area contributed by atoms with Gasteiger partial charge in [0, 0.05) is 37.4 Å². The number of nitrogens with one attached hydrogen (secondary N) is 1. The molecule has 0 aromatic carbocycles. The Labute approximate surface area is 110 Å². The fourth-order valence-corrected chi connectivity index (χ4v) is 2.87. The molecule has 0 spiro atoms. The van der Waals surface area contributed by atoms with Gasteiger partial charge in [0.15, 0.2) is 0 Å². The van der Waals surface area contributed by atoms with Crippen molar-refractivity contribution in [2.75, 3.05) is 19.8 Å². The summed E-state index contributed by atoms with van der Waals surface area (Å²) in [6.07, 6.45) is 5.58. The Hall–Kier alpha value is -0.870. The molecular formula is C14H25N3O. The molecule has 4 nitrogen and oxygen atoms in total.